The topological polar surface area (TPSA) is 267 Å². The van der Waals surface area contributed by atoms with Gasteiger partial charge in [0.2, 0.25) is 17.7 Å². The highest BCUT2D eigenvalue weighted by Gasteiger charge is 2.31. The Bertz CT molecular complexity index is 2610. The predicted molar refractivity (Wildman–Crippen MR) is 300 cm³/mol. The second kappa shape index (κ2) is 29.4. The van der Waals surface area contributed by atoms with Crippen molar-refractivity contribution < 1.29 is 52.5 Å². The summed E-state index contributed by atoms with van der Waals surface area (Å²) in [4.78, 5) is 87.4. The maximum Gasteiger partial charge on any atom is 0.415 e. The molecule has 0 saturated carbocycles. The zero-order valence-electron chi connectivity index (χ0n) is 47.8. The van der Waals surface area contributed by atoms with Crippen molar-refractivity contribution in [3.8, 4) is 11.5 Å². The van der Waals surface area contributed by atoms with Gasteiger partial charge in [-0.3, -0.25) is 10.1 Å². The van der Waals surface area contributed by atoms with Gasteiger partial charge in [0, 0.05) is 71.2 Å². The molecule has 432 valence electrons. The van der Waals surface area contributed by atoms with Crippen molar-refractivity contribution in [2.24, 2.45) is 0 Å². The molecule has 24 heteroatoms. The average Bonchev–Trinajstić information content (AvgIpc) is 3.45. The van der Waals surface area contributed by atoms with Crippen LogP contribution in [-0.4, -0.2) is 167 Å². The summed E-state index contributed by atoms with van der Waals surface area (Å²) in [5, 5.41) is 21.4. The van der Waals surface area contributed by atoms with Crippen LogP contribution in [0, 0.1) is 10.1 Å². The summed E-state index contributed by atoms with van der Waals surface area (Å²) in [5.41, 5.74) is 0.482. The highest BCUT2D eigenvalue weighted by atomic mass is 16.6. The van der Waals surface area contributed by atoms with Crippen molar-refractivity contribution in [3.05, 3.63) is 82.2 Å². The van der Waals surface area contributed by atoms with Gasteiger partial charge < -0.3 is 64.0 Å². The highest BCUT2D eigenvalue weighted by Crippen LogP contribution is 2.28. The van der Waals surface area contributed by atoms with E-state index in [2.05, 4.69) is 30.9 Å². The van der Waals surface area contributed by atoms with Crippen LogP contribution in [0.5, 0.6) is 11.5 Å². The zero-order valence-corrected chi connectivity index (χ0v) is 47.8. The standard InChI is InChI=1S/C29H44N6O5.C26H36N6O7/c1-8-34(9-2)27-30-19-24(31-20(3)4)25(33-27)32-23(26(36)40-29(5,6)7)18-21-10-12-22(13-11-21)39-28(37)35-14-16-38-17-15-35;1-6-30(7-2)24-27-17-21(32(35)36)22(29-24)28-20(23(33)39-26(3,4)5)16-18-8-10-19(11-9-18)38-25(34)31-12-14-37-15-13-31/h10-13,19-20,23,31H,8-9,14-18H2,1-7H3,(H,30,32,33);8-11,17,20H,6-7,12-16H2,1-5H3,(H,27,28,29)/t23-;20-/m00/s1. The molecular formula is C55H80N12O12. The first-order chi connectivity index (χ1) is 37.5. The van der Waals surface area contributed by atoms with Gasteiger partial charge in [0.05, 0.1) is 43.2 Å². The SMILES string of the molecule is CCN(CC)c1ncc(NC(C)C)c(N[C@@H](Cc2ccc(OC(=O)N3CCOCC3)cc2)C(=O)OC(C)(C)C)n1.CCN(CC)c1ncc([N+](=O)[O-])c(N[C@@H](Cc2ccc(OC(=O)N3CCOCC3)cc2)C(=O)OC(C)(C)C)n1. The Morgan fingerprint density at radius 1 is 0.620 bits per heavy atom. The number of anilines is 5. The molecule has 79 heavy (non-hydrogen) atoms. The zero-order chi connectivity index (χ0) is 57.9. The third-order valence-electron chi connectivity index (χ3n) is 11.9. The first-order valence-electron chi connectivity index (χ1n) is 26.9. The average molecular weight is 1100 g/mol. The van der Waals surface area contributed by atoms with Crippen molar-refractivity contribution in [2.45, 2.75) is 125 Å². The van der Waals surface area contributed by atoms with E-state index >= 15 is 0 Å². The number of carbonyl (C=O) groups excluding carboxylic acids is 4. The Kier molecular flexibility index (Phi) is 23.2. The van der Waals surface area contributed by atoms with E-state index in [0.717, 1.165) is 24.8 Å². The molecule has 6 rings (SSSR count). The van der Waals surface area contributed by atoms with Crippen molar-refractivity contribution in [1.82, 2.24) is 29.7 Å². The number of hydrogen-bond acceptors (Lipinski definition) is 21. The van der Waals surface area contributed by atoms with Gasteiger partial charge in [0.25, 0.3) is 0 Å². The number of nitro groups is 1. The molecule has 2 atom stereocenters. The summed E-state index contributed by atoms with van der Waals surface area (Å²) in [6.07, 6.45) is 2.48. The molecule has 4 aromatic rings. The molecule has 3 N–H and O–H groups in total. The van der Waals surface area contributed by atoms with Gasteiger partial charge in [0.15, 0.2) is 5.82 Å². The molecule has 2 aromatic heterocycles. The van der Waals surface area contributed by atoms with Gasteiger partial charge in [0.1, 0.15) is 41.0 Å². The van der Waals surface area contributed by atoms with E-state index in [1.54, 1.807) is 73.2 Å². The number of rotatable bonds is 21. The Morgan fingerprint density at radius 2 is 1.00 bits per heavy atom. The molecule has 2 saturated heterocycles. The van der Waals surface area contributed by atoms with E-state index < -0.39 is 52.3 Å². The van der Waals surface area contributed by atoms with Crippen molar-refractivity contribution in [2.75, 3.05) is 105 Å². The molecule has 2 aromatic carbocycles. The molecule has 24 nitrogen and oxygen atoms in total. The molecule has 2 amide bonds. The van der Waals surface area contributed by atoms with Crippen LogP contribution < -0.4 is 35.2 Å². The minimum absolute atomic E-state index is 0.0798. The van der Waals surface area contributed by atoms with Crippen LogP contribution in [0.15, 0.2) is 60.9 Å². The number of benzene rings is 2. The fourth-order valence-corrected chi connectivity index (χ4v) is 7.97. The lowest BCUT2D eigenvalue weighted by Crippen LogP contribution is -2.42. The smallest absolute Gasteiger partial charge is 0.415 e. The monoisotopic (exact) mass is 1100 g/mol. The van der Waals surface area contributed by atoms with Gasteiger partial charge in [-0.2, -0.15) is 9.97 Å². The molecule has 2 fully saturated rings. The number of nitrogens with zero attached hydrogens (tertiary/aromatic N) is 9. The molecule has 0 unspecified atom stereocenters. The van der Waals surface area contributed by atoms with Crippen LogP contribution in [0.3, 0.4) is 0 Å². The Hall–Kier alpha value is -7.60. The van der Waals surface area contributed by atoms with Crippen LogP contribution in [-0.2, 0) is 41.4 Å². The Balaban J connectivity index is 0.000000291. The molecule has 2 aliphatic rings. The fraction of sp³-hybridized carbons (Fsp3) is 0.564. The van der Waals surface area contributed by atoms with E-state index in [4.69, 9.17) is 33.4 Å². The highest BCUT2D eigenvalue weighted by molar-refractivity contribution is 5.82. The first kappa shape index (κ1) is 62.2. The minimum atomic E-state index is -0.996. The van der Waals surface area contributed by atoms with Gasteiger partial charge >= 0.3 is 29.8 Å². The van der Waals surface area contributed by atoms with E-state index in [1.807, 2.05) is 84.2 Å². The molecule has 0 aliphatic carbocycles. The molecule has 0 spiro atoms. The van der Waals surface area contributed by atoms with Crippen LogP contribution in [0.4, 0.5) is 44.5 Å². The van der Waals surface area contributed by atoms with Gasteiger partial charge in [-0.1, -0.05) is 24.3 Å². The number of aromatic nitrogens is 4. The minimum Gasteiger partial charge on any atom is -0.458 e. The van der Waals surface area contributed by atoms with E-state index in [0.29, 0.717) is 113 Å². The van der Waals surface area contributed by atoms with Crippen LogP contribution in [0.1, 0.15) is 94.2 Å². The lowest BCUT2D eigenvalue weighted by atomic mass is 10.0. The number of hydrogen-bond donors (Lipinski definition) is 3. The van der Waals surface area contributed by atoms with E-state index in [1.165, 1.54) is 0 Å². The predicted octanol–water partition coefficient (Wildman–Crippen LogP) is 7.77. The third kappa shape index (κ3) is 20.0. The first-order valence-corrected chi connectivity index (χ1v) is 26.9. The number of morpholine rings is 2. The van der Waals surface area contributed by atoms with Gasteiger partial charge in [-0.25, -0.2) is 29.1 Å². The van der Waals surface area contributed by atoms with Crippen molar-refractivity contribution in [3.63, 3.8) is 0 Å². The molecule has 0 radical (unpaired) electrons. The second-order valence-corrected chi connectivity index (χ2v) is 20.8. The van der Waals surface area contributed by atoms with Crippen molar-refractivity contribution >= 4 is 59.0 Å². The van der Waals surface area contributed by atoms with Crippen LogP contribution >= 0.6 is 0 Å². The van der Waals surface area contributed by atoms with Gasteiger partial charge in [-0.15, -0.1) is 0 Å². The molecular weight excluding hydrogens is 1020 g/mol. The third-order valence-corrected chi connectivity index (χ3v) is 11.9. The normalized spacial score (nSPS) is 14.4. The number of nitrogens with one attached hydrogen (secondary N) is 3. The summed E-state index contributed by atoms with van der Waals surface area (Å²) in [6, 6.07) is 12.3. The van der Waals surface area contributed by atoms with E-state index in [-0.39, 0.29) is 24.0 Å². The fourth-order valence-electron chi connectivity index (χ4n) is 7.97. The molecule has 0 bridgehead atoms. The molecule has 2 aliphatic heterocycles. The number of ether oxygens (including phenoxy) is 6. The molecule has 4 heterocycles. The Morgan fingerprint density at radius 3 is 1.37 bits per heavy atom. The summed E-state index contributed by atoms with van der Waals surface area (Å²) in [5.74, 6) is 1.13. The number of amides is 2. The largest absolute Gasteiger partial charge is 0.458 e. The maximum absolute atomic E-state index is 13.4. The summed E-state index contributed by atoms with van der Waals surface area (Å²) >= 11 is 0. The second-order valence-electron chi connectivity index (χ2n) is 20.8. The van der Waals surface area contributed by atoms with E-state index in [9.17, 15) is 29.3 Å². The number of carbonyl (C=O) groups is 4. The Labute approximate surface area is 463 Å². The summed E-state index contributed by atoms with van der Waals surface area (Å²) in [6.45, 7) is 29.3. The lowest BCUT2D eigenvalue weighted by molar-refractivity contribution is -0.384. The summed E-state index contributed by atoms with van der Waals surface area (Å²) < 4.78 is 32.9. The maximum atomic E-state index is 13.4. The lowest BCUT2D eigenvalue weighted by Gasteiger charge is -2.27. The summed E-state index contributed by atoms with van der Waals surface area (Å²) in [7, 11) is 0. The van der Waals surface area contributed by atoms with Crippen LogP contribution in [0.25, 0.3) is 0 Å². The number of esters is 2. The van der Waals surface area contributed by atoms with Crippen molar-refractivity contribution in [1.29, 1.82) is 0 Å². The quantitative estimate of drug-likeness (QED) is 0.0408. The van der Waals surface area contributed by atoms with Gasteiger partial charge in [-0.05, 0) is 118 Å². The van der Waals surface area contributed by atoms with Crippen LogP contribution in [0.2, 0.25) is 0 Å².